The van der Waals surface area contributed by atoms with Crippen LogP contribution in [-0.4, -0.2) is 58.3 Å². The number of aliphatic hydroxyl groups excluding tert-OH is 1. The van der Waals surface area contributed by atoms with E-state index in [1.807, 2.05) is 0 Å². The van der Waals surface area contributed by atoms with Gasteiger partial charge in [0.05, 0.1) is 12.6 Å². The van der Waals surface area contributed by atoms with Crippen molar-refractivity contribution in [1.29, 1.82) is 0 Å². The number of β-amino-alcohol motifs (C(OH)–C–C–N with tert-alkyl or cyclic N) is 1. The van der Waals surface area contributed by atoms with Crippen molar-refractivity contribution >= 4 is 21.8 Å². The summed E-state index contributed by atoms with van der Waals surface area (Å²) in [6, 6.07) is 25.8. The topological polar surface area (TPSA) is 31.6 Å². The molecule has 4 nitrogen and oxygen atoms in total. The largest absolute Gasteiger partial charge is 0.390 e. The highest BCUT2D eigenvalue weighted by Gasteiger charge is 2.20. The molecule has 0 radical (unpaired) electrons. The number of fused-ring (bicyclic) bond motifs is 3. The van der Waals surface area contributed by atoms with Gasteiger partial charge in [-0.1, -0.05) is 60.7 Å². The summed E-state index contributed by atoms with van der Waals surface area (Å²) in [6.07, 6.45) is -0.389. The fraction of sp³-hybridized carbons (Fsp3) is 0.333. The number of benzene rings is 3. The van der Waals surface area contributed by atoms with Gasteiger partial charge in [-0.05, 0) is 30.2 Å². The first-order valence-corrected chi connectivity index (χ1v) is 11.3. The second kappa shape index (κ2) is 8.83. The van der Waals surface area contributed by atoms with Gasteiger partial charge < -0.3 is 9.67 Å². The quantitative estimate of drug-likeness (QED) is 0.512. The first-order valence-electron chi connectivity index (χ1n) is 11.3. The molecule has 4 heteroatoms. The van der Waals surface area contributed by atoms with E-state index >= 15 is 0 Å². The lowest BCUT2D eigenvalue weighted by molar-refractivity contribution is 0.0634. The van der Waals surface area contributed by atoms with Crippen LogP contribution < -0.4 is 0 Å². The molecule has 1 N–H and O–H groups in total. The molecule has 1 unspecified atom stereocenters. The summed E-state index contributed by atoms with van der Waals surface area (Å²) < 4.78 is 2.30. The molecule has 1 aliphatic heterocycles. The van der Waals surface area contributed by atoms with E-state index in [0.717, 1.165) is 39.3 Å². The molecule has 160 valence electrons. The van der Waals surface area contributed by atoms with Crippen molar-refractivity contribution in [2.45, 2.75) is 26.1 Å². The molecule has 0 aliphatic carbocycles. The third-order valence-corrected chi connectivity index (χ3v) is 6.51. The number of hydrogen-bond acceptors (Lipinski definition) is 3. The van der Waals surface area contributed by atoms with E-state index in [0.29, 0.717) is 6.54 Å². The van der Waals surface area contributed by atoms with Crippen LogP contribution in [-0.2, 0) is 13.1 Å². The maximum absolute atomic E-state index is 11.0. The van der Waals surface area contributed by atoms with Gasteiger partial charge in [-0.25, -0.2) is 0 Å². The fourth-order valence-electron chi connectivity index (χ4n) is 4.89. The maximum Gasteiger partial charge on any atom is 0.0845 e. The van der Waals surface area contributed by atoms with Crippen molar-refractivity contribution in [1.82, 2.24) is 14.4 Å². The lowest BCUT2D eigenvalue weighted by Crippen LogP contribution is -2.48. The van der Waals surface area contributed by atoms with Crippen molar-refractivity contribution in [2.24, 2.45) is 0 Å². The van der Waals surface area contributed by atoms with Crippen molar-refractivity contribution in [3.8, 4) is 0 Å². The highest BCUT2D eigenvalue weighted by atomic mass is 16.3. The van der Waals surface area contributed by atoms with Gasteiger partial charge in [0, 0.05) is 61.1 Å². The second-order valence-electron chi connectivity index (χ2n) is 8.86. The number of para-hydroxylation sites is 1. The average molecular weight is 414 g/mol. The number of hydrogen-bond donors (Lipinski definition) is 1. The molecule has 0 saturated carbocycles. The number of piperazine rings is 1. The predicted octanol–water partition coefficient (Wildman–Crippen LogP) is 4.28. The van der Waals surface area contributed by atoms with Gasteiger partial charge in [0.2, 0.25) is 0 Å². The molecule has 0 bridgehead atoms. The minimum Gasteiger partial charge on any atom is -0.390 e. The summed E-state index contributed by atoms with van der Waals surface area (Å²) >= 11 is 0. The number of rotatable bonds is 6. The van der Waals surface area contributed by atoms with Crippen molar-refractivity contribution in [3.63, 3.8) is 0 Å². The highest BCUT2D eigenvalue weighted by molar-refractivity contribution is 6.08. The van der Waals surface area contributed by atoms with E-state index in [4.69, 9.17) is 0 Å². The third-order valence-electron chi connectivity index (χ3n) is 6.51. The lowest BCUT2D eigenvalue weighted by atomic mass is 10.1. The summed E-state index contributed by atoms with van der Waals surface area (Å²) in [7, 11) is 0. The Morgan fingerprint density at radius 2 is 1.42 bits per heavy atom. The molecule has 5 rings (SSSR count). The molecule has 31 heavy (non-hydrogen) atoms. The minimum atomic E-state index is -0.389. The van der Waals surface area contributed by atoms with E-state index in [1.165, 1.54) is 32.9 Å². The van der Waals surface area contributed by atoms with E-state index in [1.54, 1.807) is 0 Å². The Bertz CT molecular complexity index is 1160. The number of aliphatic hydroxyl groups is 1. The smallest absolute Gasteiger partial charge is 0.0845 e. The van der Waals surface area contributed by atoms with Crippen molar-refractivity contribution < 1.29 is 5.11 Å². The molecule has 1 aliphatic rings. The molecule has 1 atom stereocenters. The first-order chi connectivity index (χ1) is 15.2. The Balaban J connectivity index is 1.24. The number of aryl methyl sites for hydroxylation is 1. The van der Waals surface area contributed by atoms with Gasteiger partial charge in [-0.2, -0.15) is 0 Å². The van der Waals surface area contributed by atoms with Crippen LogP contribution in [0.3, 0.4) is 0 Å². The van der Waals surface area contributed by atoms with Gasteiger partial charge in [0.15, 0.2) is 0 Å². The van der Waals surface area contributed by atoms with Gasteiger partial charge in [-0.3, -0.25) is 9.80 Å². The minimum absolute atomic E-state index is 0.389. The summed E-state index contributed by atoms with van der Waals surface area (Å²) in [5.74, 6) is 0. The Hall–Kier alpha value is -2.66. The van der Waals surface area contributed by atoms with Crippen LogP contribution in [0.25, 0.3) is 21.8 Å². The van der Waals surface area contributed by atoms with E-state index < -0.39 is 0 Å². The Morgan fingerprint density at radius 3 is 2.23 bits per heavy atom. The molecule has 2 heterocycles. The predicted molar refractivity (Wildman–Crippen MR) is 128 cm³/mol. The number of nitrogens with zero attached hydrogens (tertiary/aromatic N) is 3. The molecular formula is C27H31N3O. The number of aromatic nitrogens is 1. The van der Waals surface area contributed by atoms with Crippen molar-refractivity contribution in [2.75, 3.05) is 32.7 Å². The zero-order valence-corrected chi connectivity index (χ0v) is 18.2. The molecule has 3 aromatic carbocycles. The second-order valence-corrected chi connectivity index (χ2v) is 8.86. The van der Waals surface area contributed by atoms with Crippen LogP contribution in [0, 0.1) is 6.92 Å². The highest BCUT2D eigenvalue weighted by Crippen LogP contribution is 2.30. The maximum atomic E-state index is 11.0. The molecule has 1 aromatic heterocycles. The van der Waals surface area contributed by atoms with Gasteiger partial charge in [0.1, 0.15) is 0 Å². The van der Waals surface area contributed by atoms with E-state index in [9.17, 15) is 5.11 Å². The molecule has 1 fully saturated rings. The summed E-state index contributed by atoms with van der Waals surface area (Å²) in [5, 5.41) is 13.5. The lowest BCUT2D eigenvalue weighted by Gasteiger charge is -2.35. The SMILES string of the molecule is Cc1ccc2c3ccccc3n(CC(O)CN3CCN(Cc4ccccc4)CC3)c2c1. The van der Waals surface area contributed by atoms with Crippen LogP contribution >= 0.6 is 0 Å². The summed E-state index contributed by atoms with van der Waals surface area (Å²) in [4.78, 5) is 4.92. The zero-order valence-electron chi connectivity index (χ0n) is 18.2. The molecule has 0 amide bonds. The summed E-state index contributed by atoms with van der Waals surface area (Å²) in [5.41, 5.74) is 5.04. The van der Waals surface area contributed by atoms with Gasteiger partial charge in [0.25, 0.3) is 0 Å². The van der Waals surface area contributed by atoms with Gasteiger partial charge in [-0.15, -0.1) is 0 Å². The monoisotopic (exact) mass is 413 g/mol. The van der Waals surface area contributed by atoms with Gasteiger partial charge >= 0.3 is 0 Å². The molecule has 0 spiro atoms. The van der Waals surface area contributed by atoms with Crippen LogP contribution in [0.4, 0.5) is 0 Å². The van der Waals surface area contributed by atoms with Crippen molar-refractivity contribution in [3.05, 3.63) is 83.9 Å². The normalized spacial score (nSPS) is 16.8. The third kappa shape index (κ3) is 4.38. The molecule has 1 saturated heterocycles. The van der Waals surface area contributed by atoms with Crippen LogP contribution in [0.5, 0.6) is 0 Å². The van der Waals surface area contributed by atoms with Crippen LogP contribution in [0.1, 0.15) is 11.1 Å². The van der Waals surface area contributed by atoms with E-state index in [2.05, 4.69) is 94.1 Å². The zero-order chi connectivity index (χ0) is 21.2. The fourth-order valence-corrected chi connectivity index (χ4v) is 4.89. The molecular weight excluding hydrogens is 382 g/mol. The Labute approximate surface area is 184 Å². The average Bonchev–Trinajstić information content (AvgIpc) is 3.09. The van der Waals surface area contributed by atoms with Crippen LogP contribution in [0.15, 0.2) is 72.8 Å². The van der Waals surface area contributed by atoms with E-state index in [-0.39, 0.29) is 6.10 Å². The van der Waals surface area contributed by atoms with Crippen LogP contribution in [0.2, 0.25) is 0 Å². The summed E-state index contributed by atoms with van der Waals surface area (Å²) in [6.45, 7) is 8.61. The Morgan fingerprint density at radius 1 is 0.742 bits per heavy atom. The molecule has 4 aromatic rings. The Kier molecular flexibility index (Phi) is 5.77. The standard InChI is InChI=1S/C27H31N3O/c1-21-11-12-25-24-9-5-6-10-26(24)30(27(25)17-21)20-23(31)19-29-15-13-28(14-16-29)18-22-7-3-2-4-8-22/h2-12,17,23,31H,13-16,18-20H2,1H3. The first kappa shape index (κ1) is 20.3.